The molecule has 0 spiro atoms. The highest BCUT2D eigenvalue weighted by Gasteiger charge is 2.27. The van der Waals surface area contributed by atoms with Gasteiger partial charge in [0.1, 0.15) is 16.9 Å². The number of rotatable bonds is 3. The summed E-state index contributed by atoms with van der Waals surface area (Å²) in [4.78, 5) is 13.9. The van der Waals surface area contributed by atoms with Gasteiger partial charge in [-0.2, -0.15) is 0 Å². The molecule has 1 aliphatic heterocycles. The van der Waals surface area contributed by atoms with Crippen molar-refractivity contribution < 1.29 is 14.3 Å². The van der Waals surface area contributed by atoms with E-state index in [0.717, 1.165) is 13.0 Å². The first-order valence-corrected chi connectivity index (χ1v) is 7.54. The zero-order chi connectivity index (χ0) is 15.0. The lowest BCUT2D eigenvalue weighted by Gasteiger charge is -2.36. The Labute approximate surface area is 124 Å². The van der Waals surface area contributed by atoms with Crippen LogP contribution >= 0.6 is 0 Å². The molecule has 2 unspecified atom stereocenters. The number of carbonyl (C=O) groups is 1. The Morgan fingerprint density at radius 3 is 2.86 bits per heavy atom. The Kier molecular flexibility index (Phi) is 3.72. The molecule has 2 aromatic rings. The van der Waals surface area contributed by atoms with Gasteiger partial charge in [-0.3, -0.25) is 4.90 Å². The van der Waals surface area contributed by atoms with Crippen molar-refractivity contribution in [3.8, 4) is 0 Å². The van der Waals surface area contributed by atoms with Crippen molar-refractivity contribution in [2.45, 2.75) is 39.3 Å². The van der Waals surface area contributed by atoms with Gasteiger partial charge >= 0.3 is 5.97 Å². The van der Waals surface area contributed by atoms with E-state index in [0.29, 0.717) is 40.8 Å². The molecule has 2 heterocycles. The van der Waals surface area contributed by atoms with Gasteiger partial charge in [-0.1, -0.05) is 25.1 Å². The number of hydrogen-bond acceptors (Lipinski definition) is 3. The number of likely N-dealkylation sites (tertiary alicyclic amines) is 1. The molecular weight excluding hydrogens is 266 g/mol. The third-order valence-electron chi connectivity index (χ3n) is 4.48. The summed E-state index contributed by atoms with van der Waals surface area (Å²) in [6.07, 6.45) is 2.40. The van der Waals surface area contributed by atoms with Crippen LogP contribution in [0.4, 0.5) is 0 Å². The van der Waals surface area contributed by atoms with Gasteiger partial charge in [0.15, 0.2) is 0 Å². The summed E-state index contributed by atoms with van der Waals surface area (Å²) >= 11 is 0. The number of hydrogen-bond donors (Lipinski definition) is 1. The number of furan rings is 1. The van der Waals surface area contributed by atoms with Crippen LogP contribution in [0, 0.1) is 5.92 Å². The van der Waals surface area contributed by atoms with Crippen LogP contribution in [-0.4, -0.2) is 28.6 Å². The third kappa shape index (κ3) is 2.68. The maximum atomic E-state index is 11.6. The molecule has 1 fully saturated rings. The van der Waals surface area contributed by atoms with Gasteiger partial charge in [0.05, 0.1) is 6.54 Å². The van der Waals surface area contributed by atoms with Crippen molar-refractivity contribution in [3.05, 3.63) is 35.6 Å². The summed E-state index contributed by atoms with van der Waals surface area (Å²) in [5.41, 5.74) is 0.971. The zero-order valence-electron chi connectivity index (χ0n) is 12.5. The smallest absolute Gasteiger partial charge is 0.339 e. The summed E-state index contributed by atoms with van der Waals surface area (Å²) in [7, 11) is 0. The van der Waals surface area contributed by atoms with Crippen molar-refractivity contribution in [1.29, 1.82) is 0 Å². The number of piperidine rings is 1. The standard InChI is InChI=1S/C17H21NO3/c1-11-7-8-12(2)18(9-11)10-15-16(17(19)20)13-5-3-4-6-14(13)21-15/h3-6,11-12H,7-10H2,1-2H3,(H,19,20). The second kappa shape index (κ2) is 5.53. The van der Waals surface area contributed by atoms with Crippen LogP contribution in [-0.2, 0) is 6.54 Å². The Hall–Kier alpha value is -1.81. The van der Waals surface area contributed by atoms with E-state index >= 15 is 0 Å². The first kappa shape index (κ1) is 14.1. The fraction of sp³-hybridized carbons (Fsp3) is 0.471. The Morgan fingerprint density at radius 1 is 1.33 bits per heavy atom. The minimum atomic E-state index is -0.910. The van der Waals surface area contributed by atoms with Crippen molar-refractivity contribution in [2.24, 2.45) is 5.92 Å². The Bertz CT molecular complexity index is 661. The van der Waals surface area contributed by atoms with Crippen molar-refractivity contribution in [2.75, 3.05) is 6.54 Å². The van der Waals surface area contributed by atoms with Gasteiger partial charge in [-0.25, -0.2) is 4.79 Å². The third-order valence-corrected chi connectivity index (χ3v) is 4.48. The number of nitrogens with zero attached hydrogens (tertiary/aromatic N) is 1. The fourth-order valence-corrected chi connectivity index (χ4v) is 3.23. The first-order chi connectivity index (χ1) is 10.1. The molecule has 2 atom stereocenters. The van der Waals surface area contributed by atoms with Crippen LogP contribution < -0.4 is 0 Å². The summed E-state index contributed by atoms with van der Waals surface area (Å²) in [6, 6.07) is 7.82. The zero-order valence-corrected chi connectivity index (χ0v) is 12.5. The van der Waals surface area contributed by atoms with E-state index in [1.165, 1.54) is 6.42 Å². The molecule has 1 N–H and O–H groups in total. The van der Waals surface area contributed by atoms with Crippen molar-refractivity contribution in [1.82, 2.24) is 4.90 Å². The van der Waals surface area contributed by atoms with Crippen LogP contribution in [0.3, 0.4) is 0 Å². The molecule has 4 nitrogen and oxygen atoms in total. The quantitative estimate of drug-likeness (QED) is 0.934. The highest BCUT2D eigenvalue weighted by atomic mass is 16.4. The predicted octanol–water partition coefficient (Wildman–Crippen LogP) is 3.75. The fourth-order valence-electron chi connectivity index (χ4n) is 3.23. The summed E-state index contributed by atoms with van der Waals surface area (Å²) in [5, 5.41) is 10.2. The molecule has 4 heteroatoms. The molecule has 1 aromatic carbocycles. The van der Waals surface area contributed by atoms with Crippen LogP contribution in [0.1, 0.15) is 42.8 Å². The van der Waals surface area contributed by atoms with Gasteiger partial charge in [-0.05, 0) is 31.7 Å². The van der Waals surface area contributed by atoms with E-state index in [9.17, 15) is 9.90 Å². The maximum Gasteiger partial charge on any atom is 0.339 e. The normalized spacial score (nSPS) is 23.5. The monoisotopic (exact) mass is 287 g/mol. The molecule has 21 heavy (non-hydrogen) atoms. The highest BCUT2D eigenvalue weighted by molar-refractivity contribution is 6.03. The summed E-state index contributed by atoms with van der Waals surface area (Å²) in [5.74, 6) is 0.316. The Balaban J connectivity index is 1.96. The number of aromatic carboxylic acids is 1. The lowest BCUT2D eigenvalue weighted by atomic mass is 9.95. The topological polar surface area (TPSA) is 53.7 Å². The molecule has 0 radical (unpaired) electrons. The minimum absolute atomic E-state index is 0.316. The van der Waals surface area contributed by atoms with E-state index in [2.05, 4.69) is 18.7 Å². The van der Waals surface area contributed by atoms with Crippen LogP contribution in [0.5, 0.6) is 0 Å². The second-order valence-electron chi connectivity index (χ2n) is 6.16. The summed E-state index contributed by atoms with van der Waals surface area (Å²) < 4.78 is 5.82. The minimum Gasteiger partial charge on any atom is -0.478 e. The average Bonchev–Trinajstić information content (AvgIpc) is 2.80. The van der Waals surface area contributed by atoms with E-state index in [1.807, 2.05) is 24.3 Å². The molecule has 3 rings (SSSR count). The van der Waals surface area contributed by atoms with Crippen LogP contribution in [0.15, 0.2) is 28.7 Å². The van der Waals surface area contributed by atoms with Gasteiger partial charge < -0.3 is 9.52 Å². The largest absolute Gasteiger partial charge is 0.478 e. The maximum absolute atomic E-state index is 11.6. The van der Waals surface area contributed by atoms with Gasteiger partial charge in [0.2, 0.25) is 0 Å². The molecule has 1 saturated heterocycles. The molecular formula is C17H21NO3. The van der Waals surface area contributed by atoms with Crippen LogP contribution in [0.2, 0.25) is 0 Å². The molecule has 0 amide bonds. The van der Waals surface area contributed by atoms with Crippen LogP contribution in [0.25, 0.3) is 11.0 Å². The number of para-hydroxylation sites is 1. The number of fused-ring (bicyclic) bond motifs is 1. The van der Waals surface area contributed by atoms with Crippen molar-refractivity contribution in [3.63, 3.8) is 0 Å². The molecule has 0 saturated carbocycles. The lowest BCUT2D eigenvalue weighted by molar-refractivity contribution is 0.0688. The van der Waals surface area contributed by atoms with E-state index in [4.69, 9.17) is 4.42 Å². The van der Waals surface area contributed by atoms with Gasteiger partial charge in [-0.15, -0.1) is 0 Å². The number of carboxylic acid groups (broad SMARTS) is 1. The first-order valence-electron chi connectivity index (χ1n) is 7.54. The average molecular weight is 287 g/mol. The van der Waals surface area contributed by atoms with E-state index < -0.39 is 5.97 Å². The number of benzene rings is 1. The summed E-state index contributed by atoms with van der Waals surface area (Å²) in [6.45, 7) is 6.02. The highest BCUT2D eigenvalue weighted by Crippen LogP contribution is 2.29. The lowest BCUT2D eigenvalue weighted by Crippen LogP contribution is -2.40. The van der Waals surface area contributed by atoms with Crippen molar-refractivity contribution >= 4 is 16.9 Å². The van der Waals surface area contributed by atoms with E-state index in [1.54, 1.807) is 0 Å². The van der Waals surface area contributed by atoms with E-state index in [-0.39, 0.29) is 0 Å². The van der Waals surface area contributed by atoms with Gasteiger partial charge in [0.25, 0.3) is 0 Å². The molecule has 1 aliphatic rings. The van der Waals surface area contributed by atoms with Gasteiger partial charge in [0, 0.05) is 18.0 Å². The number of carboxylic acids is 1. The second-order valence-corrected chi connectivity index (χ2v) is 6.16. The molecule has 1 aromatic heterocycles. The predicted molar refractivity (Wildman–Crippen MR) is 81.4 cm³/mol. The molecule has 0 bridgehead atoms. The SMILES string of the molecule is CC1CCC(C)N(Cc2oc3ccccc3c2C(=O)O)C1. The molecule has 0 aliphatic carbocycles. The molecule has 112 valence electrons. The Morgan fingerprint density at radius 2 is 2.10 bits per heavy atom.